The third-order valence-electron chi connectivity index (χ3n) is 4.91. The molecule has 10 heteroatoms. The van der Waals surface area contributed by atoms with Crippen LogP contribution in [-0.2, 0) is 16.0 Å². The van der Waals surface area contributed by atoms with E-state index in [0.29, 0.717) is 50.1 Å². The van der Waals surface area contributed by atoms with Crippen molar-refractivity contribution in [3.8, 4) is 0 Å². The van der Waals surface area contributed by atoms with Crippen LogP contribution in [0, 0.1) is 20.8 Å². The van der Waals surface area contributed by atoms with Crippen molar-refractivity contribution in [2.24, 2.45) is 0 Å². The van der Waals surface area contributed by atoms with Crippen molar-refractivity contribution < 1.29 is 14.1 Å². The highest BCUT2D eigenvalue weighted by molar-refractivity contribution is 7.15. The second kappa shape index (κ2) is 8.88. The number of nitrogens with zero attached hydrogens (tertiary/aromatic N) is 5. The normalized spacial score (nSPS) is 16.6. The lowest BCUT2D eigenvalue weighted by Crippen LogP contribution is -2.42. The minimum Gasteiger partial charge on any atom is -0.368 e. The fourth-order valence-electron chi connectivity index (χ4n) is 3.20. The molecule has 1 saturated heterocycles. The molecule has 0 aliphatic carbocycles. The SMILES string of the molecule is Cc1noc(CCC(=O)N2CCOC(c3cccc(Nc4nc(C)c(C)s4)n3)C2)n1. The summed E-state index contributed by atoms with van der Waals surface area (Å²) >= 11 is 1.60. The Morgan fingerprint density at radius 1 is 1.27 bits per heavy atom. The van der Waals surface area contributed by atoms with Gasteiger partial charge in [-0.15, -0.1) is 11.3 Å². The van der Waals surface area contributed by atoms with Crippen LogP contribution < -0.4 is 5.32 Å². The number of carbonyl (C=O) groups is 1. The molecule has 1 aliphatic rings. The third-order valence-corrected chi connectivity index (χ3v) is 5.89. The highest BCUT2D eigenvalue weighted by atomic mass is 32.1. The minimum atomic E-state index is -0.269. The van der Waals surface area contributed by atoms with Crippen LogP contribution in [0.15, 0.2) is 22.7 Å². The largest absolute Gasteiger partial charge is 0.368 e. The van der Waals surface area contributed by atoms with E-state index in [4.69, 9.17) is 9.26 Å². The van der Waals surface area contributed by atoms with Gasteiger partial charge in [0.05, 0.1) is 24.5 Å². The van der Waals surface area contributed by atoms with Crippen LogP contribution in [-0.4, -0.2) is 50.6 Å². The number of nitrogens with one attached hydrogen (secondary N) is 1. The second-order valence-corrected chi connectivity index (χ2v) is 8.37. The van der Waals surface area contributed by atoms with Crippen LogP contribution in [0.5, 0.6) is 0 Å². The highest BCUT2D eigenvalue weighted by Gasteiger charge is 2.26. The van der Waals surface area contributed by atoms with Gasteiger partial charge in [-0.05, 0) is 32.9 Å². The van der Waals surface area contributed by atoms with Crippen LogP contribution >= 0.6 is 11.3 Å². The lowest BCUT2D eigenvalue weighted by Gasteiger charge is -2.32. The van der Waals surface area contributed by atoms with Crippen LogP contribution in [0.2, 0.25) is 0 Å². The van der Waals surface area contributed by atoms with E-state index in [1.54, 1.807) is 18.3 Å². The topological polar surface area (TPSA) is 106 Å². The summed E-state index contributed by atoms with van der Waals surface area (Å²) in [6, 6.07) is 5.75. The Morgan fingerprint density at radius 3 is 2.87 bits per heavy atom. The first kappa shape index (κ1) is 20.4. The summed E-state index contributed by atoms with van der Waals surface area (Å²) < 4.78 is 11.0. The summed E-state index contributed by atoms with van der Waals surface area (Å²) in [4.78, 5) is 28.9. The number of aryl methyl sites for hydroxylation is 4. The maximum Gasteiger partial charge on any atom is 0.227 e. The number of anilines is 2. The Morgan fingerprint density at radius 2 is 2.13 bits per heavy atom. The number of ether oxygens (including phenoxy) is 1. The lowest BCUT2D eigenvalue weighted by atomic mass is 10.1. The summed E-state index contributed by atoms with van der Waals surface area (Å²) in [7, 11) is 0. The number of carbonyl (C=O) groups excluding carboxylic acids is 1. The van der Waals surface area contributed by atoms with Gasteiger partial charge in [0.1, 0.15) is 11.9 Å². The zero-order valence-corrected chi connectivity index (χ0v) is 18.0. The van der Waals surface area contributed by atoms with Crippen LogP contribution in [0.4, 0.5) is 10.9 Å². The van der Waals surface area contributed by atoms with E-state index in [9.17, 15) is 4.79 Å². The molecule has 9 nitrogen and oxygen atoms in total. The molecule has 0 aromatic carbocycles. The van der Waals surface area contributed by atoms with E-state index in [-0.39, 0.29) is 12.0 Å². The maximum atomic E-state index is 12.6. The van der Waals surface area contributed by atoms with E-state index < -0.39 is 0 Å². The van der Waals surface area contributed by atoms with Gasteiger partial charge in [0.2, 0.25) is 11.8 Å². The molecule has 1 unspecified atom stereocenters. The predicted octanol–water partition coefficient (Wildman–Crippen LogP) is 3.12. The monoisotopic (exact) mass is 428 g/mol. The number of rotatable bonds is 6. The average molecular weight is 429 g/mol. The van der Waals surface area contributed by atoms with Gasteiger partial charge in [-0.1, -0.05) is 11.2 Å². The van der Waals surface area contributed by atoms with E-state index in [2.05, 4.69) is 25.4 Å². The first-order valence-corrected chi connectivity index (χ1v) is 10.7. The van der Waals surface area contributed by atoms with Gasteiger partial charge < -0.3 is 19.5 Å². The summed E-state index contributed by atoms with van der Waals surface area (Å²) in [6.07, 6.45) is 0.493. The van der Waals surface area contributed by atoms with Gasteiger partial charge in [-0.3, -0.25) is 4.79 Å². The van der Waals surface area contributed by atoms with Crippen molar-refractivity contribution in [3.05, 3.63) is 46.2 Å². The Bertz CT molecular complexity index is 1010. The molecule has 1 fully saturated rings. The number of aromatic nitrogens is 4. The van der Waals surface area contributed by atoms with Gasteiger partial charge in [-0.2, -0.15) is 4.98 Å². The van der Waals surface area contributed by atoms with Gasteiger partial charge >= 0.3 is 0 Å². The number of hydrogen-bond donors (Lipinski definition) is 1. The third kappa shape index (κ3) is 4.82. The first-order valence-electron chi connectivity index (χ1n) is 9.84. The summed E-state index contributed by atoms with van der Waals surface area (Å²) in [5.74, 6) is 1.81. The molecular weight excluding hydrogens is 404 g/mol. The molecule has 4 rings (SSSR count). The molecule has 1 N–H and O–H groups in total. The summed E-state index contributed by atoms with van der Waals surface area (Å²) in [6.45, 7) is 7.29. The standard InChI is InChI=1S/C20H24N6O3S/c1-12-13(2)30-20(21-12)24-17-6-4-5-15(23-17)16-11-26(9-10-28-16)19(27)8-7-18-22-14(3)25-29-18/h4-6,16H,7-11H2,1-3H3,(H,21,23,24). The van der Waals surface area contributed by atoms with Crippen molar-refractivity contribution in [2.75, 3.05) is 25.0 Å². The number of pyridine rings is 1. The zero-order valence-electron chi connectivity index (χ0n) is 17.2. The lowest BCUT2D eigenvalue weighted by molar-refractivity contribution is -0.139. The molecular formula is C20H24N6O3S. The average Bonchev–Trinajstić information content (AvgIpc) is 3.30. The van der Waals surface area contributed by atoms with Crippen molar-refractivity contribution in [1.82, 2.24) is 25.0 Å². The van der Waals surface area contributed by atoms with Crippen LogP contribution in [0.3, 0.4) is 0 Å². The highest BCUT2D eigenvalue weighted by Crippen LogP contribution is 2.26. The molecule has 30 heavy (non-hydrogen) atoms. The fraction of sp³-hybridized carbons (Fsp3) is 0.450. The quantitative estimate of drug-likeness (QED) is 0.638. The smallest absolute Gasteiger partial charge is 0.227 e. The van der Waals surface area contributed by atoms with E-state index in [1.165, 1.54) is 4.88 Å². The summed E-state index contributed by atoms with van der Waals surface area (Å²) in [5.41, 5.74) is 1.80. The van der Waals surface area contributed by atoms with E-state index >= 15 is 0 Å². The first-order chi connectivity index (χ1) is 14.5. The molecule has 158 valence electrons. The van der Waals surface area contributed by atoms with Gasteiger partial charge in [0.25, 0.3) is 0 Å². The molecule has 4 heterocycles. The molecule has 1 aliphatic heterocycles. The Hall–Kier alpha value is -2.85. The second-order valence-electron chi connectivity index (χ2n) is 7.17. The van der Waals surface area contributed by atoms with Crippen molar-refractivity contribution in [1.29, 1.82) is 0 Å². The van der Waals surface area contributed by atoms with E-state index in [1.807, 2.05) is 36.9 Å². The van der Waals surface area contributed by atoms with Gasteiger partial charge in [0.15, 0.2) is 11.0 Å². The van der Waals surface area contributed by atoms with Crippen LogP contribution in [0.25, 0.3) is 0 Å². The molecule has 0 spiro atoms. The number of morpholine rings is 1. The van der Waals surface area contributed by atoms with Crippen LogP contribution in [0.1, 0.15) is 40.5 Å². The Kier molecular flexibility index (Phi) is 6.05. The zero-order chi connectivity index (χ0) is 21.1. The molecule has 1 atom stereocenters. The van der Waals surface area contributed by atoms with E-state index in [0.717, 1.165) is 16.5 Å². The number of amides is 1. The molecule has 0 radical (unpaired) electrons. The van der Waals surface area contributed by atoms with Gasteiger partial charge in [0, 0.05) is 24.3 Å². The van der Waals surface area contributed by atoms with Crippen molar-refractivity contribution in [3.63, 3.8) is 0 Å². The molecule has 3 aromatic heterocycles. The summed E-state index contributed by atoms with van der Waals surface area (Å²) in [5, 5.41) is 7.82. The fourth-order valence-corrected chi connectivity index (χ4v) is 4.03. The Balaban J connectivity index is 1.38. The molecule has 1 amide bonds. The molecule has 0 saturated carbocycles. The van der Waals surface area contributed by atoms with Gasteiger partial charge in [-0.25, -0.2) is 9.97 Å². The number of hydrogen-bond acceptors (Lipinski definition) is 9. The number of thiazole rings is 1. The molecule has 0 bridgehead atoms. The van der Waals surface area contributed by atoms with Crippen molar-refractivity contribution >= 4 is 28.2 Å². The van der Waals surface area contributed by atoms with Crippen molar-refractivity contribution in [2.45, 2.75) is 39.7 Å². The maximum absolute atomic E-state index is 12.6. The minimum absolute atomic E-state index is 0.0437. The Labute approximate surface area is 178 Å². The molecule has 3 aromatic rings. The predicted molar refractivity (Wildman–Crippen MR) is 112 cm³/mol.